The second-order valence-corrected chi connectivity index (χ2v) is 9.49. The highest BCUT2D eigenvalue weighted by Gasteiger charge is 2.26. The smallest absolute Gasteiger partial charge is 0.263 e. The number of aryl methyl sites for hydroxylation is 1. The van der Waals surface area contributed by atoms with E-state index < -0.39 is 0 Å². The topological polar surface area (TPSA) is 61.2 Å². The number of carbonyl (C=O) groups is 1. The maximum Gasteiger partial charge on any atom is 0.263 e. The number of hydrogen-bond acceptors (Lipinski definition) is 6. The fraction of sp³-hybridized carbons (Fsp3) is 0.632. The predicted octanol–water partition coefficient (Wildman–Crippen LogP) is 3.44. The fourth-order valence-corrected chi connectivity index (χ4v) is 6.07. The van der Waals surface area contributed by atoms with Crippen LogP contribution in [0.5, 0.6) is 0 Å². The quantitative estimate of drug-likeness (QED) is 0.576. The molecular formula is C19H24N2O3S2. The van der Waals surface area contributed by atoms with Gasteiger partial charge in [-0.25, -0.2) is 4.98 Å². The molecule has 2 aromatic heterocycles. The van der Waals surface area contributed by atoms with Crippen molar-refractivity contribution in [1.29, 1.82) is 0 Å². The van der Waals surface area contributed by atoms with Crippen molar-refractivity contribution in [1.82, 2.24) is 9.55 Å². The molecule has 4 rings (SSSR count). The molecule has 1 saturated heterocycles. The van der Waals surface area contributed by atoms with E-state index in [9.17, 15) is 9.59 Å². The third-order valence-electron chi connectivity index (χ3n) is 5.19. The minimum atomic E-state index is 0.0450. The molecule has 0 radical (unpaired) electrons. The lowest BCUT2D eigenvalue weighted by atomic mass is 9.89. The second kappa shape index (κ2) is 7.44. The van der Waals surface area contributed by atoms with Crippen LogP contribution in [0.4, 0.5) is 0 Å². The van der Waals surface area contributed by atoms with Gasteiger partial charge < -0.3 is 4.74 Å². The maximum atomic E-state index is 13.4. The van der Waals surface area contributed by atoms with Gasteiger partial charge in [0.25, 0.3) is 5.56 Å². The van der Waals surface area contributed by atoms with Crippen LogP contribution in [-0.4, -0.2) is 33.8 Å². The summed E-state index contributed by atoms with van der Waals surface area (Å²) in [5, 5.41) is 1.46. The van der Waals surface area contributed by atoms with Gasteiger partial charge in [-0.2, -0.15) is 0 Å². The normalized spacial score (nSPS) is 22.7. The van der Waals surface area contributed by atoms with Crippen molar-refractivity contribution >= 4 is 39.1 Å². The summed E-state index contributed by atoms with van der Waals surface area (Å²) in [6.07, 6.45) is 5.21. The molecule has 0 spiro atoms. The first-order chi connectivity index (χ1) is 12.5. The minimum Gasteiger partial charge on any atom is -0.376 e. The summed E-state index contributed by atoms with van der Waals surface area (Å²) in [5.74, 6) is 1.09. The number of thioether (sulfide) groups is 1. The Hall–Kier alpha value is -1.18. The lowest BCUT2D eigenvalue weighted by Gasteiger charge is -2.18. The lowest BCUT2D eigenvalue weighted by Crippen LogP contribution is -2.29. The van der Waals surface area contributed by atoms with E-state index in [4.69, 9.17) is 9.72 Å². The van der Waals surface area contributed by atoms with Crippen LogP contribution in [0.1, 0.15) is 43.6 Å². The molecule has 140 valence electrons. The van der Waals surface area contributed by atoms with Gasteiger partial charge in [0.1, 0.15) is 10.6 Å². The van der Waals surface area contributed by atoms with Crippen molar-refractivity contribution in [3.05, 3.63) is 20.8 Å². The van der Waals surface area contributed by atoms with Crippen LogP contribution in [0, 0.1) is 5.92 Å². The third-order valence-corrected chi connectivity index (χ3v) is 7.46. The molecule has 2 aromatic rings. The van der Waals surface area contributed by atoms with Gasteiger partial charge in [0.05, 0.1) is 23.8 Å². The van der Waals surface area contributed by atoms with Crippen LogP contribution in [0.3, 0.4) is 0 Å². The van der Waals surface area contributed by atoms with E-state index in [1.54, 1.807) is 22.8 Å². The van der Waals surface area contributed by atoms with Gasteiger partial charge in [-0.3, -0.25) is 14.2 Å². The summed E-state index contributed by atoms with van der Waals surface area (Å²) in [4.78, 5) is 31.8. The van der Waals surface area contributed by atoms with Crippen LogP contribution in [0.25, 0.3) is 10.2 Å². The molecule has 1 aliphatic carbocycles. The van der Waals surface area contributed by atoms with E-state index in [2.05, 4.69) is 6.92 Å². The van der Waals surface area contributed by atoms with Gasteiger partial charge in [-0.05, 0) is 50.5 Å². The number of ketones is 1. The van der Waals surface area contributed by atoms with E-state index in [1.807, 2.05) is 0 Å². The zero-order valence-corrected chi connectivity index (χ0v) is 16.9. The molecule has 2 aliphatic rings. The van der Waals surface area contributed by atoms with E-state index in [1.165, 1.54) is 22.2 Å². The largest absolute Gasteiger partial charge is 0.376 e. The number of ether oxygens (including phenoxy) is 1. The molecule has 7 heteroatoms. The summed E-state index contributed by atoms with van der Waals surface area (Å²) < 4.78 is 7.51. The first kappa shape index (κ1) is 18.2. The van der Waals surface area contributed by atoms with E-state index in [-0.39, 0.29) is 17.4 Å². The highest BCUT2D eigenvalue weighted by Crippen LogP contribution is 2.36. The molecule has 0 N–H and O–H groups in total. The molecular weight excluding hydrogens is 368 g/mol. The predicted molar refractivity (Wildman–Crippen MR) is 105 cm³/mol. The number of thiophene rings is 1. The number of carbonyl (C=O) groups excluding carboxylic acids is 1. The molecule has 0 saturated carbocycles. The highest BCUT2D eigenvalue weighted by molar-refractivity contribution is 7.99. The molecule has 26 heavy (non-hydrogen) atoms. The number of rotatable bonds is 5. The minimum absolute atomic E-state index is 0.0450. The molecule has 0 aromatic carbocycles. The van der Waals surface area contributed by atoms with Crippen molar-refractivity contribution in [2.75, 3.05) is 12.4 Å². The van der Waals surface area contributed by atoms with Crippen molar-refractivity contribution in [3.8, 4) is 0 Å². The number of aromatic nitrogens is 2. The number of nitrogens with zero attached hydrogens (tertiary/aromatic N) is 2. The molecule has 0 amide bonds. The Bertz CT molecular complexity index is 896. The van der Waals surface area contributed by atoms with Crippen LogP contribution in [-0.2, 0) is 28.9 Å². The first-order valence-electron chi connectivity index (χ1n) is 9.32. The van der Waals surface area contributed by atoms with Crippen molar-refractivity contribution in [3.63, 3.8) is 0 Å². The SMILES string of the molecule is CC(=O)CSc1nc2sc3c(c2c(=O)n1C[C@@H]1CCCO1)CC[C@@H](C)C3. The Morgan fingerprint density at radius 3 is 3.00 bits per heavy atom. The molecule has 2 atom stereocenters. The number of hydrogen-bond donors (Lipinski definition) is 0. The van der Waals surface area contributed by atoms with E-state index in [0.29, 0.717) is 23.4 Å². The van der Waals surface area contributed by atoms with Crippen molar-refractivity contribution < 1.29 is 9.53 Å². The van der Waals surface area contributed by atoms with Crippen molar-refractivity contribution in [2.45, 2.75) is 63.8 Å². The Morgan fingerprint density at radius 2 is 2.27 bits per heavy atom. The van der Waals surface area contributed by atoms with Gasteiger partial charge >= 0.3 is 0 Å². The van der Waals surface area contributed by atoms with Crippen LogP contribution < -0.4 is 5.56 Å². The van der Waals surface area contributed by atoms with E-state index in [0.717, 1.165) is 48.9 Å². The Labute approximate surface area is 161 Å². The van der Waals surface area contributed by atoms with E-state index >= 15 is 0 Å². The Kier molecular flexibility index (Phi) is 5.21. The Morgan fingerprint density at radius 1 is 1.42 bits per heavy atom. The summed E-state index contributed by atoms with van der Waals surface area (Å²) >= 11 is 3.03. The third kappa shape index (κ3) is 3.49. The van der Waals surface area contributed by atoms with Crippen LogP contribution >= 0.6 is 23.1 Å². The van der Waals surface area contributed by atoms with Gasteiger partial charge in [-0.1, -0.05) is 18.7 Å². The molecule has 3 heterocycles. The van der Waals surface area contributed by atoms with Gasteiger partial charge in [-0.15, -0.1) is 11.3 Å². The average Bonchev–Trinajstić information content (AvgIpc) is 3.22. The molecule has 1 aliphatic heterocycles. The van der Waals surface area contributed by atoms with Gasteiger partial charge in [0.15, 0.2) is 5.16 Å². The maximum absolute atomic E-state index is 13.4. The van der Waals surface area contributed by atoms with Gasteiger partial charge in [0.2, 0.25) is 0 Å². The zero-order chi connectivity index (χ0) is 18.3. The highest BCUT2D eigenvalue weighted by atomic mass is 32.2. The summed E-state index contributed by atoms with van der Waals surface area (Å²) in [6, 6.07) is 0. The summed E-state index contributed by atoms with van der Waals surface area (Å²) in [6.45, 7) is 5.13. The summed E-state index contributed by atoms with van der Waals surface area (Å²) in [5.41, 5.74) is 1.26. The van der Waals surface area contributed by atoms with Gasteiger partial charge in [0, 0.05) is 11.5 Å². The summed E-state index contributed by atoms with van der Waals surface area (Å²) in [7, 11) is 0. The average molecular weight is 393 g/mol. The first-order valence-corrected chi connectivity index (χ1v) is 11.1. The van der Waals surface area contributed by atoms with Crippen LogP contribution in [0.15, 0.2) is 9.95 Å². The van der Waals surface area contributed by atoms with Crippen LogP contribution in [0.2, 0.25) is 0 Å². The monoisotopic (exact) mass is 392 g/mol. The molecule has 0 bridgehead atoms. The van der Waals surface area contributed by atoms with Crippen molar-refractivity contribution in [2.24, 2.45) is 5.92 Å². The zero-order valence-electron chi connectivity index (χ0n) is 15.2. The Balaban J connectivity index is 1.81. The fourth-order valence-electron chi connectivity index (χ4n) is 3.83. The molecule has 0 unspecified atom stereocenters. The number of fused-ring (bicyclic) bond motifs is 3. The lowest BCUT2D eigenvalue weighted by molar-refractivity contribution is -0.114. The second-order valence-electron chi connectivity index (χ2n) is 7.47. The number of Topliss-reactive ketones (excluding diaryl/α,β-unsaturated/α-hetero) is 1. The standard InChI is InChI=1S/C19H24N2O3S2/c1-11-5-6-14-15(8-11)26-17-16(14)18(23)21(9-13-4-3-7-24-13)19(20-17)25-10-12(2)22/h11,13H,3-10H2,1-2H3/t11-,13+/m1/s1. The molecule has 1 fully saturated rings. The molecule has 5 nitrogen and oxygen atoms in total.